The molecule has 37 heavy (non-hydrogen) atoms. The number of aromatic nitrogens is 3. The van der Waals surface area contributed by atoms with Crippen molar-refractivity contribution in [3.05, 3.63) is 0 Å². The Morgan fingerprint density at radius 3 is 1.00 bits per heavy atom. The fourth-order valence-corrected chi connectivity index (χ4v) is 2.93. The zero-order valence-corrected chi connectivity index (χ0v) is 23.4. The van der Waals surface area contributed by atoms with E-state index in [0.29, 0.717) is 38.3 Å². The third-order valence-corrected chi connectivity index (χ3v) is 5.35. The van der Waals surface area contributed by atoms with Crippen molar-refractivity contribution in [2.45, 2.75) is 79.1 Å². The van der Waals surface area contributed by atoms with Crippen LogP contribution in [0.1, 0.15) is 79.1 Å². The molecule has 216 valence electrons. The largest absolute Gasteiger partial charge is 0.376 e. The van der Waals surface area contributed by atoms with Crippen LogP contribution in [0.2, 0.25) is 0 Å². The second-order valence-electron chi connectivity index (χ2n) is 8.70. The molecule has 0 aliphatic carbocycles. The van der Waals surface area contributed by atoms with Gasteiger partial charge in [0, 0.05) is 26.4 Å². The fraction of sp³-hybridized carbons (Fsp3) is 0.880. The second-order valence-corrected chi connectivity index (χ2v) is 8.70. The third kappa shape index (κ3) is 14.0. The molecule has 1 aromatic heterocycles. The molecule has 0 atom stereocenters. The molecule has 1 aromatic rings. The first-order valence-corrected chi connectivity index (χ1v) is 13.7. The highest BCUT2D eigenvalue weighted by Gasteiger charge is 2.21. The Labute approximate surface area is 222 Å². The standard InChI is InChI=1S/C25H50N6O6/c1-5-9-13-34-19-30(20-35-14-10-6-2)24-26-23(29(17-32)18-33)27-25(28-24)31(21-36-15-11-7-3)22-37-16-12-8-4/h32-33H,5-22H2,1-4H3. The SMILES string of the molecule is CCCCOCN(COCCCC)c1nc(N(CO)CO)nc(N(COCCCC)COCCCC)n1. The van der Waals surface area contributed by atoms with E-state index in [2.05, 4.69) is 37.7 Å². The maximum atomic E-state index is 9.78. The molecule has 0 spiro atoms. The molecule has 1 heterocycles. The molecule has 0 bridgehead atoms. The molecule has 0 aliphatic rings. The molecule has 0 saturated heterocycles. The Morgan fingerprint density at radius 2 is 0.757 bits per heavy atom. The molecule has 0 amide bonds. The molecule has 0 unspecified atom stereocenters. The van der Waals surface area contributed by atoms with Crippen LogP contribution in [0.3, 0.4) is 0 Å². The van der Waals surface area contributed by atoms with Gasteiger partial charge in [-0.05, 0) is 25.7 Å². The van der Waals surface area contributed by atoms with Crippen LogP contribution in [-0.2, 0) is 18.9 Å². The first kappa shape index (κ1) is 33.2. The van der Waals surface area contributed by atoms with Gasteiger partial charge in [-0.15, -0.1) is 0 Å². The fourth-order valence-electron chi connectivity index (χ4n) is 2.93. The van der Waals surface area contributed by atoms with E-state index in [1.807, 2.05) is 0 Å². The van der Waals surface area contributed by atoms with Crippen LogP contribution < -0.4 is 14.7 Å². The Bertz CT molecular complexity index is 600. The van der Waals surface area contributed by atoms with Crippen LogP contribution in [0.5, 0.6) is 0 Å². The molecule has 0 saturated carbocycles. The predicted molar refractivity (Wildman–Crippen MR) is 144 cm³/mol. The van der Waals surface area contributed by atoms with Gasteiger partial charge in [-0.25, -0.2) is 0 Å². The summed E-state index contributed by atoms with van der Waals surface area (Å²) in [5, 5.41) is 19.6. The molecule has 0 radical (unpaired) electrons. The van der Waals surface area contributed by atoms with Gasteiger partial charge in [0.2, 0.25) is 17.8 Å². The number of hydrogen-bond acceptors (Lipinski definition) is 12. The van der Waals surface area contributed by atoms with Crippen molar-refractivity contribution in [1.82, 2.24) is 15.0 Å². The average molecular weight is 531 g/mol. The smallest absolute Gasteiger partial charge is 0.235 e. The Morgan fingerprint density at radius 1 is 0.486 bits per heavy atom. The Kier molecular flexibility index (Phi) is 19.9. The van der Waals surface area contributed by atoms with Crippen molar-refractivity contribution in [1.29, 1.82) is 0 Å². The van der Waals surface area contributed by atoms with E-state index in [1.54, 1.807) is 9.80 Å². The summed E-state index contributed by atoms with van der Waals surface area (Å²) in [5.41, 5.74) is 0. The van der Waals surface area contributed by atoms with Crippen molar-refractivity contribution >= 4 is 17.8 Å². The highest BCUT2D eigenvalue weighted by molar-refractivity contribution is 5.45. The minimum absolute atomic E-state index is 0.129. The first-order valence-electron chi connectivity index (χ1n) is 13.7. The van der Waals surface area contributed by atoms with Gasteiger partial charge in [-0.2, -0.15) is 15.0 Å². The van der Waals surface area contributed by atoms with Gasteiger partial charge in [0.15, 0.2) is 0 Å². The molecular formula is C25H50N6O6. The molecule has 1 rings (SSSR count). The highest BCUT2D eigenvalue weighted by atomic mass is 16.5. The highest BCUT2D eigenvalue weighted by Crippen LogP contribution is 2.20. The number of rotatable bonds is 25. The molecule has 12 nitrogen and oxygen atoms in total. The van der Waals surface area contributed by atoms with E-state index >= 15 is 0 Å². The molecule has 0 fully saturated rings. The molecule has 12 heteroatoms. The molecule has 2 N–H and O–H groups in total. The zero-order chi connectivity index (χ0) is 27.1. The number of anilines is 3. The van der Waals surface area contributed by atoms with Crippen molar-refractivity contribution in [3.8, 4) is 0 Å². The quantitative estimate of drug-likeness (QED) is 0.142. The number of aliphatic hydroxyl groups is 2. The van der Waals surface area contributed by atoms with Crippen LogP contribution in [0, 0.1) is 0 Å². The minimum atomic E-state index is -0.459. The summed E-state index contributed by atoms with van der Waals surface area (Å²) >= 11 is 0. The summed E-state index contributed by atoms with van der Waals surface area (Å²) in [4.78, 5) is 18.5. The summed E-state index contributed by atoms with van der Waals surface area (Å²) in [7, 11) is 0. The maximum Gasteiger partial charge on any atom is 0.235 e. The molecular weight excluding hydrogens is 480 g/mol. The third-order valence-electron chi connectivity index (χ3n) is 5.35. The lowest BCUT2D eigenvalue weighted by Crippen LogP contribution is -2.36. The van der Waals surface area contributed by atoms with E-state index in [9.17, 15) is 10.2 Å². The van der Waals surface area contributed by atoms with Gasteiger partial charge in [-0.1, -0.05) is 53.4 Å². The van der Waals surface area contributed by atoms with E-state index < -0.39 is 13.5 Å². The monoisotopic (exact) mass is 530 g/mol. The van der Waals surface area contributed by atoms with Gasteiger partial charge < -0.3 is 29.2 Å². The summed E-state index contributed by atoms with van der Waals surface area (Å²) in [6.07, 6.45) is 7.89. The number of aliphatic hydroxyl groups excluding tert-OH is 2. The topological polar surface area (TPSA) is 126 Å². The van der Waals surface area contributed by atoms with Crippen molar-refractivity contribution in [2.75, 3.05) is 81.5 Å². The van der Waals surface area contributed by atoms with Crippen LogP contribution in [-0.4, -0.2) is 92.0 Å². The number of unbranched alkanes of at least 4 members (excludes halogenated alkanes) is 4. The van der Waals surface area contributed by atoms with Crippen molar-refractivity contribution < 1.29 is 29.2 Å². The predicted octanol–water partition coefficient (Wildman–Crippen LogP) is 3.29. The van der Waals surface area contributed by atoms with Crippen LogP contribution in [0.4, 0.5) is 17.8 Å². The van der Waals surface area contributed by atoms with Crippen molar-refractivity contribution in [2.24, 2.45) is 0 Å². The normalized spacial score (nSPS) is 11.2. The van der Waals surface area contributed by atoms with Gasteiger partial charge in [-0.3, -0.25) is 14.7 Å². The lowest BCUT2D eigenvalue weighted by Gasteiger charge is -2.27. The lowest BCUT2D eigenvalue weighted by molar-refractivity contribution is 0.0795. The second kappa shape index (κ2) is 22.2. The summed E-state index contributed by atoms with van der Waals surface area (Å²) < 4.78 is 23.4. The van der Waals surface area contributed by atoms with E-state index in [0.717, 1.165) is 51.4 Å². The van der Waals surface area contributed by atoms with Crippen LogP contribution >= 0.6 is 0 Å². The molecule has 0 aliphatic heterocycles. The van der Waals surface area contributed by atoms with Gasteiger partial charge in [0.25, 0.3) is 0 Å². The first-order chi connectivity index (χ1) is 18.1. The van der Waals surface area contributed by atoms with Crippen molar-refractivity contribution in [3.63, 3.8) is 0 Å². The van der Waals surface area contributed by atoms with E-state index in [1.165, 1.54) is 4.90 Å². The van der Waals surface area contributed by atoms with E-state index in [4.69, 9.17) is 23.9 Å². The van der Waals surface area contributed by atoms with Gasteiger partial charge in [0.1, 0.15) is 40.4 Å². The van der Waals surface area contributed by atoms with Crippen LogP contribution in [0.15, 0.2) is 0 Å². The van der Waals surface area contributed by atoms with Gasteiger partial charge in [0.05, 0.1) is 0 Å². The van der Waals surface area contributed by atoms with E-state index in [-0.39, 0.29) is 32.9 Å². The Hall–Kier alpha value is -1.83. The number of ether oxygens (including phenoxy) is 4. The molecule has 0 aromatic carbocycles. The summed E-state index contributed by atoms with van der Waals surface area (Å²) in [6.45, 7) is 10.9. The number of nitrogens with zero attached hydrogens (tertiary/aromatic N) is 6. The van der Waals surface area contributed by atoms with Gasteiger partial charge >= 0.3 is 0 Å². The van der Waals surface area contributed by atoms with Crippen LogP contribution in [0.25, 0.3) is 0 Å². The zero-order valence-electron chi connectivity index (χ0n) is 23.4. The summed E-state index contributed by atoms with van der Waals surface area (Å²) in [5.74, 6) is 0.753. The maximum absolute atomic E-state index is 9.78. The summed E-state index contributed by atoms with van der Waals surface area (Å²) in [6, 6.07) is 0. The number of hydrogen-bond donors (Lipinski definition) is 2. The lowest BCUT2D eigenvalue weighted by atomic mass is 10.4. The minimum Gasteiger partial charge on any atom is -0.376 e. The average Bonchev–Trinajstić information content (AvgIpc) is 2.92. The Balaban J connectivity index is 3.27.